The number of Topliss-reactive ketones (excluding diaryl/α,β-unsaturated/α-hetero) is 1. The predicted octanol–water partition coefficient (Wildman–Crippen LogP) is 3.09. The summed E-state index contributed by atoms with van der Waals surface area (Å²) in [6.45, 7) is 2.02. The van der Waals surface area contributed by atoms with Crippen molar-refractivity contribution in [2.75, 3.05) is 13.1 Å². The molecule has 1 aliphatic heterocycles. The molecule has 18 heavy (non-hydrogen) atoms. The number of nitrogens with one attached hydrogen (secondary N) is 1. The van der Waals surface area contributed by atoms with E-state index in [-0.39, 0.29) is 11.6 Å². The van der Waals surface area contributed by atoms with Crippen LogP contribution in [0, 0.1) is 11.7 Å². The molecule has 0 atom stereocenters. The maximum atomic E-state index is 12.9. The lowest BCUT2D eigenvalue weighted by atomic mass is 9.91. The highest BCUT2D eigenvalue weighted by molar-refractivity contribution is 9.10. The van der Waals surface area contributed by atoms with Crippen molar-refractivity contribution in [1.29, 1.82) is 0 Å². The van der Waals surface area contributed by atoms with Gasteiger partial charge in [-0.15, -0.1) is 0 Å². The van der Waals surface area contributed by atoms with E-state index in [2.05, 4.69) is 21.2 Å². The van der Waals surface area contributed by atoms with E-state index in [1.54, 1.807) is 6.07 Å². The minimum Gasteiger partial charge on any atom is -0.317 e. The lowest BCUT2D eigenvalue weighted by molar-refractivity contribution is -0.119. The molecule has 4 heteroatoms. The lowest BCUT2D eigenvalue weighted by Crippen LogP contribution is -2.29. The first-order valence-electron chi connectivity index (χ1n) is 6.31. The SMILES string of the molecule is O=C(Cc1ccc(F)cc1Br)CC1CCNCC1. The standard InChI is InChI=1S/C14H17BrFNO/c15-14-9-12(16)2-1-11(14)8-13(18)7-10-3-5-17-6-4-10/h1-2,9-10,17H,3-8H2. The summed E-state index contributed by atoms with van der Waals surface area (Å²) >= 11 is 3.30. The fourth-order valence-corrected chi connectivity index (χ4v) is 2.85. The molecule has 1 fully saturated rings. The number of carbonyl (C=O) groups excluding carboxylic acids is 1. The minimum atomic E-state index is -0.281. The molecule has 0 aliphatic carbocycles. The second-order valence-corrected chi connectivity index (χ2v) is 5.70. The van der Waals surface area contributed by atoms with Crippen LogP contribution in [0.4, 0.5) is 4.39 Å². The molecule has 0 bridgehead atoms. The maximum absolute atomic E-state index is 12.9. The van der Waals surface area contributed by atoms with E-state index >= 15 is 0 Å². The zero-order valence-electron chi connectivity index (χ0n) is 10.2. The highest BCUT2D eigenvalue weighted by atomic mass is 79.9. The normalized spacial score (nSPS) is 16.8. The highest BCUT2D eigenvalue weighted by Gasteiger charge is 2.17. The van der Waals surface area contributed by atoms with E-state index < -0.39 is 0 Å². The van der Waals surface area contributed by atoms with Crippen LogP contribution in [0.1, 0.15) is 24.8 Å². The number of piperidine rings is 1. The molecule has 1 aromatic rings. The summed E-state index contributed by atoms with van der Waals surface area (Å²) in [5.41, 5.74) is 0.871. The molecule has 2 rings (SSSR count). The highest BCUT2D eigenvalue weighted by Crippen LogP contribution is 2.21. The largest absolute Gasteiger partial charge is 0.317 e. The summed E-state index contributed by atoms with van der Waals surface area (Å²) in [7, 11) is 0. The van der Waals surface area contributed by atoms with Crippen LogP contribution in [-0.4, -0.2) is 18.9 Å². The van der Waals surface area contributed by atoms with Gasteiger partial charge in [0.1, 0.15) is 11.6 Å². The molecule has 1 aliphatic rings. The third-order valence-electron chi connectivity index (χ3n) is 3.38. The number of hydrogen-bond acceptors (Lipinski definition) is 2. The number of ketones is 1. The van der Waals surface area contributed by atoms with Crippen LogP contribution in [0.15, 0.2) is 22.7 Å². The molecule has 0 radical (unpaired) electrons. The van der Waals surface area contributed by atoms with Crippen molar-refractivity contribution in [2.45, 2.75) is 25.7 Å². The molecule has 0 saturated carbocycles. The first-order chi connectivity index (χ1) is 8.65. The van der Waals surface area contributed by atoms with Gasteiger partial charge in [0, 0.05) is 17.3 Å². The van der Waals surface area contributed by atoms with E-state index in [1.807, 2.05) is 0 Å². The molecule has 1 N–H and O–H groups in total. The summed E-state index contributed by atoms with van der Waals surface area (Å²) in [4.78, 5) is 12.0. The van der Waals surface area contributed by atoms with Gasteiger partial charge in [-0.25, -0.2) is 4.39 Å². The quantitative estimate of drug-likeness (QED) is 0.925. The van der Waals surface area contributed by atoms with Crippen LogP contribution in [0.5, 0.6) is 0 Å². The Labute approximate surface area is 115 Å². The lowest BCUT2D eigenvalue weighted by Gasteiger charge is -2.21. The van der Waals surface area contributed by atoms with Crippen molar-refractivity contribution in [3.8, 4) is 0 Å². The summed E-state index contributed by atoms with van der Waals surface area (Å²) in [6.07, 6.45) is 3.20. The molecule has 0 amide bonds. The molecule has 1 aromatic carbocycles. The Bertz CT molecular complexity index is 430. The van der Waals surface area contributed by atoms with Crippen LogP contribution in [-0.2, 0) is 11.2 Å². The summed E-state index contributed by atoms with van der Waals surface area (Å²) in [6, 6.07) is 4.49. The van der Waals surface area contributed by atoms with E-state index in [0.717, 1.165) is 31.5 Å². The zero-order valence-corrected chi connectivity index (χ0v) is 11.8. The molecular formula is C14H17BrFNO. The molecule has 2 nitrogen and oxygen atoms in total. The molecular weight excluding hydrogens is 297 g/mol. The summed E-state index contributed by atoms with van der Waals surface area (Å²) < 4.78 is 13.6. The minimum absolute atomic E-state index is 0.245. The van der Waals surface area contributed by atoms with Crippen LogP contribution >= 0.6 is 15.9 Å². The van der Waals surface area contributed by atoms with E-state index in [1.165, 1.54) is 12.1 Å². The van der Waals surface area contributed by atoms with Crippen molar-refractivity contribution in [2.24, 2.45) is 5.92 Å². The molecule has 98 valence electrons. The van der Waals surface area contributed by atoms with Gasteiger partial charge in [-0.05, 0) is 49.5 Å². The van der Waals surface area contributed by atoms with Gasteiger partial charge in [-0.3, -0.25) is 4.79 Å². The third kappa shape index (κ3) is 3.89. The van der Waals surface area contributed by atoms with Crippen molar-refractivity contribution >= 4 is 21.7 Å². The molecule has 1 heterocycles. The average Bonchev–Trinajstić information content (AvgIpc) is 2.34. The van der Waals surface area contributed by atoms with E-state index in [0.29, 0.717) is 23.2 Å². The molecule has 0 unspecified atom stereocenters. The van der Waals surface area contributed by atoms with Gasteiger partial charge in [-0.1, -0.05) is 22.0 Å². The van der Waals surface area contributed by atoms with Crippen molar-refractivity contribution in [3.05, 3.63) is 34.1 Å². The number of halogens is 2. The molecule has 0 aromatic heterocycles. The summed E-state index contributed by atoms with van der Waals surface area (Å²) in [5, 5.41) is 3.29. The number of benzene rings is 1. The topological polar surface area (TPSA) is 29.1 Å². The molecule has 1 saturated heterocycles. The van der Waals surface area contributed by atoms with Crippen LogP contribution in [0.25, 0.3) is 0 Å². The predicted molar refractivity (Wildman–Crippen MR) is 73.0 cm³/mol. The van der Waals surface area contributed by atoms with Gasteiger partial charge in [0.15, 0.2) is 0 Å². The second kappa shape index (κ2) is 6.43. The van der Waals surface area contributed by atoms with Crippen molar-refractivity contribution in [3.63, 3.8) is 0 Å². The summed E-state index contributed by atoms with van der Waals surface area (Å²) in [5.74, 6) is 0.476. The van der Waals surface area contributed by atoms with Gasteiger partial charge >= 0.3 is 0 Å². The smallest absolute Gasteiger partial charge is 0.137 e. The second-order valence-electron chi connectivity index (χ2n) is 4.85. The van der Waals surface area contributed by atoms with Crippen LogP contribution in [0.2, 0.25) is 0 Å². The Morgan fingerprint density at radius 3 is 2.78 bits per heavy atom. The van der Waals surface area contributed by atoms with Crippen molar-refractivity contribution in [1.82, 2.24) is 5.32 Å². The Kier molecular flexibility index (Phi) is 4.89. The van der Waals surface area contributed by atoms with Gasteiger partial charge in [-0.2, -0.15) is 0 Å². The average molecular weight is 314 g/mol. The monoisotopic (exact) mass is 313 g/mol. The Hall–Kier alpha value is -0.740. The number of carbonyl (C=O) groups is 1. The Morgan fingerprint density at radius 1 is 1.39 bits per heavy atom. The van der Waals surface area contributed by atoms with Crippen molar-refractivity contribution < 1.29 is 9.18 Å². The first kappa shape index (κ1) is 13.7. The van der Waals surface area contributed by atoms with E-state index in [9.17, 15) is 9.18 Å². The Morgan fingerprint density at radius 2 is 2.11 bits per heavy atom. The Balaban J connectivity index is 1.90. The van der Waals surface area contributed by atoms with Crippen LogP contribution in [0.3, 0.4) is 0 Å². The fraction of sp³-hybridized carbons (Fsp3) is 0.500. The molecule has 0 spiro atoms. The van der Waals surface area contributed by atoms with Gasteiger partial charge in [0.2, 0.25) is 0 Å². The fourth-order valence-electron chi connectivity index (χ4n) is 2.36. The van der Waals surface area contributed by atoms with Gasteiger partial charge in [0.25, 0.3) is 0 Å². The third-order valence-corrected chi connectivity index (χ3v) is 4.12. The zero-order chi connectivity index (χ0) is 13.0. The number of rotatable bonds is 4. The maximum Gasteiger partial charge on any atom is 0.137 e. The van der Waals surface area contributed by atoms with Crippen LogP contribution < -0.4 is 5.32 Å². The number of hydrogen-bond donors (Lipinski definition) is 1. The van der Waals surface area contributed by atoms with Gasteiger partial charge < -0.3 is 5.32 Å². The first-order valence-corrected chi connectivity index (χ1v) is 7.11. The van der Waals surface area contributed by atoms with E-state index in [4.69, 9.17) is 0 Å². The van der Waals surface area contributed by atoms with Gasteiger partial charge in [0.05, 0.1) is 0 Å².